The maximum atomic E-state index is 14.1. The summed E-state index contributed by atoms with van der Waals surface area (Å²) in [5.74, 6) is 1.68. The molecule has 1 unspecified atom stereocenters. The van der Waals surface area contributed by atoms with Crippen molar-refractivity contribution in [2.45, 2.75) is 26.5 Å². The van der Waals surface area contributed by atoms with Gasteiger partial charge in [0, 0.05) is 11.8 Å². The molecule has 1 atom stereocenters. The number of nitrogens with zero attached hydrogens (tertiary/aromatic N) is 5. The van der Waals surface area contributed by atoms with Crippen molar-refractivity contribution >= 4 is 0 Å². The van der Waals surface area contributed by atoms with Crippen LogP contribution in [0.25, 0.3) is 17.1 Å². The van der Waals surface area contributed by atoms with E-state index in [2.05, 4.69) is 10.1 Å². The van der Waals surface area contributed by atoms with Crippen LogP contribution >= 0.6 is 0 Å². The second kappa shape index (κ2) is 7.63. The Labute approximate surface area is 179 Å². The van der Waals surface area contributed by atoms with Gasteiger partial charge in [-0.3, -0.25) is 0 Å². The molecule has 0 aliphatic carbocycles. The minimum absolute atomic E-state index is 0.256. The fraction of sp³-hybridized carbons (Fsp3) is 0.261. The van der Waals surface area contributed by atoms with Crippen LogP contribution in [-0.2, 0) is 11.3 Å². The van der Waals surface area contributed by atoms with Crippen LogP contribution in [0.3, 0.4) is 0 Å². The molecule has 3 heterocycles. The molecule has 0 saturated heterocycles. The molecule has 0 amide bonds. The third kappa shape index (κ3) is 3.38. The summed E-state index contributed by atoms with van der Waals surface area (Å²) in [7, 11) is 1.63. The molecule has 1 aliphatic heterocycles. The molecule has 0 fully saturated rings. The number of aromatic nitrogens is 5. The van der Waals surface area contributed by atoms with E-state index in [9.17, 15) is 4.39 Å². The zero-order valence-corrected chi connectivity index (χ0v) is 17.5. The first-order valence-corrected chi connectivity index (χ1v) is 10.1. The lowest BCUT2D eigenvalue weighted by atomic mass is 10.0. The molecule has 4 aromatic rings. The van der Waals surface area contributed by atoms with Crippen LogP contribution in [-0.4, -0.2) is 38.0 Å². The van der Waals surface area contributed by atoms with Gasteiger partial charge in [0.05, 0.1) is 38.0 Å². The van der Waals surface area contributed by atoms with Gasteiger partial charge in [0.15, 0.2) is 11.6 Å². The molecular formula is C23H22FN5O2. The summed E-state index contributed by atoms with van der Waals surface area (Å²) in [6.07, 6.45) is 3.23. The van der Waals surface area contributed by atoms with Gasteiger partial charge >= 0.3 is 0 Å². The van der Waals surface area contributed by atoms with Gasteiger partial charge in [0.25, 0.3) is 0 Å². The van der Waals surface area contributed by atoms with E-state index in [0.717, 1.165) is 22.5 Å². The zero-order valence-electron chi connectivity index (χ0n) is 17.5. The fourth-order valence-corrected chi connectivity index (χ4v) is 3.89. The van der Waals surface area contributed by atoms with E-state index in [1.807, 2.05) is 46.6 Å². The molecule has 8 heteroatoms. The van der Waals surface area contributed by atoms with Crippen molar-refractivity contribution in [2.24, 2.45) is 0 Å². The molecule has 158 valence electrons. The summed E-state index contributed by atoms with van der Waals surface area (Å²) >= 11 is 0. The van der Waals surface area contributed by atoms with E-state index >= 15 is 0 Å². The monoisotopic (exact) mass is 419 g/mol. The second-order valence-corrected chi connectivity index (χ2v) is 7.53. The number of benzene rings is 2. The number of halogens is 1. The van der Waals surface area contributed by atoms with Gasteiger partial charge in [-0.05, 0) is 49.2 Å². The third-order valence-electron chi connectivity index (χ3n) is 5.54. The minimum Gasteiger partial charge on any atom is -0.495 e. The molecule has 0 spiro atoms. The lowest BCUT2D eigenvalue weighted by Gasteiger charge is -2.24. The zero-order chi connectivity index (χ0) is 21.5. The standard InChI is InChI=1S/C23H22FN5O2/c1-14-12-28(13-25-14)19-8-7-16(11-20(19)30-3)22-26-23-21(31-10-9-29(23)27-22)17-5-4-6-18(24)15(17)2/h4-8,11-13,21H,9-10H2,1-3H3. The molecule has 2 aromatic heterocycles. The predicted octanol–water partition coefficient (Wildman–Crippen LogP) is 4.01. The Hall–Kier alpha value is -3.52. The Morgan fingerprint density at radius 2 is 2.06 bits per heavy atom. The number of methoxy groups -OCH3 is 1. The van der Waals surface area contributed by atoms with Crippen LogP contribution in [0.1, 0.15) is 28.7 Å². The Morgan fingerprint density at radius 1 is 1.19 bits per heavy atom. The van der Waals surface area contributed by atoms with Crippen molar-refractivity contribution in [3.8, 4) is 22.8 Å². The van der Waals surface area contributed by atoms with Crippen LogP contribution in [0.4, 0.5) is 4.39 Å². The topological polar surface area (TPSA) is 67.0 Å². The van der Waals surface area contributed by atoms with Gasteiger partial charge in [-0.25, -0.2) is 19.0 Å². The van der Waals surface area contributed by atoms with Crippen LogP contribution in [0.2, 0.25) is 0 Å². The van der Waals surface area contributed by atoms with Gasteiger partial charge in [0.2, 0.25) is 0 Å². The van der Waals surface area contributed by atoms with E-state index in [1.54, 1.807) is 26.4 Å². The maximum absolute atomic E-state index is 14.1. The van der Waals surface area contributed by atoms with Crippen LogP contribution in [0.5, 0.6) is 5.75 Å². The number of hydrogen-bond donors (Lipinski definition) is 0. The molecule has 2 aromatic carbocycles. The summed E-state index contributed by atoms with van der Waals surface area (Å²) in [6, 6.07) is 10.8. The molecule has 31 heavy (non-hydrogen) atoms. The number of imidazole rings is 1. The number of fused-ring (bicyclic) bond motifs is 1. The SMILES string of the molecule is COc1cc(-c2nc3n(n2)CCOC3c2cccc(F)c2C)ccc1-n1cnc(C)c1. The van der Waals surface area contributed by atoms with Crippen LogP contribution in [0.15, 0.2) is 48.9 Å². The minimum atomic E-state index is -0.458. The van der Waals surface area contributed by atoms with E-state index in [-0.39, 0.29) is 5.82 Å². The number of ether oxygens (including phenoxy) is 2. The van der Waals surface area contributed by atoms with Gasteiger partial charge in [-0.1, -0.05) is 12.1 Å². The van der Waals surface area contributed by atoms with E-state index in [1.165, 1.54) is 6.07 Å². The highest BCUT2D eigenvalue weighted by Gasteiger charge is 2.29. The highest BCUT2D eigenvalue weighted by molar-refractivity contribution is 5.63. The van der Waals surface area contributed by atoms with Crippen molar-refractivity contribution in [2.75, 3.05) is 13.7 Å². The smallest absolute Gasteiger partial charge is 0.181 e. The first-order chi connectivity index (χ1) is 15.0. The van der Waals surface area contributed by atoms with Crippen molar-refractivity contribution in [1.82, 2.24) is 24.3 Å². The first kappa shape index (κ1) is 19.4. The van der Waals surface area contributed by atoms with Crippen molar-refractivity contribution in [3.05, 3.63) is 77.4 Å². The number of hydrogen-bond acceptors (Lipinski definition) is 5. The summed E-state index contributed by atoms with van der Waals surface area (Å²) in [5, 5.41) is 4.69. The summed E-state index contributed by atoms with van der Waals surface area (Å²) < 4.78 is 29.5. The molecule has 0 radical (unpaired) electrons. The van der Waals surface area contributed by atoms with Crippen molar-refractivity contribution < 1.29 is 13.9 Å². The average molecular weight is 419 g/mol. The quantitative estimate of drug-likeness (QED) is 0.500. The molecular weight excluding hydrogens is 397 g/mol. The van der Waals surface area contributed by atoms with Gasteiger partial charge in [0.1, 0.15) is 17.7 Å². The Kier molecular flexibility index (Phi) is 4.78. The van der Waals surface area contributed by atoms with Crippen LogP contribution < -0.4 is 4.74 Å². The molecule has 7 nitrogen and oxygen atoms in total. The van der Waals surface area contributed by atoms with Gasteiger partial charge in [-0.15, -0.1) is 0 Å². The normalized spacial score (nSPS) is 15.7. The summed E-state index contributed by atoms with van der Waals surface area (Å²) in [4.78, 5) is 9.04. The largest absolute Gasteiger partial charge is 0.495 e. The van der Waals surface area contributed by atoms with E-state index in [4.69, 9.17) is 14.5 Å². The summed E-state index contributed by atoms with van der Waals surface area (Å²) in [6.45, 7) is 4.77. The highest BCUT2D eigenvalue weighted by Crippen LogP contribution is 2.34. The Balaban J connectivity index is 1.54. The highest BCUT2D eigenvalue weighted by atomic mass is 19.1. The first-order valence-electron chi connectivity index (χ1n) is 10.1. The van der Waals surface area contributed by atoms with Gasteiger partial charge in [-0.2, -0.15) is 5.10 Å². The van der Waals surface area contributed by atoms with Gasteiger partial charge < -0.3 is 14.0 Å². The van der Waals surface area contributed by atoms with Crippen molar-refractivity contribution in [1.29, 1.82) is 0 Å². The Bertz CT molecular complexity index is 1260. The molecule has 1 aliphatic rings. The molecule has 5 rings (SSSR count). The molecule has 0 bridgehead atoms. The predicted molar refractivity (Wildman–Crippen MR) is 113 cm³/mol. The average Bonchev–Trinajstić information content (AvgIpc) is 3.41. The third-order valence-corrected chi connectivity index (χ3v) is 5.54. The van der Waals surface area contributed by atoms with Crippen molar-refractivity contribution in [3.63, 3.8) is 0 Å². The maximum Gasteiger partial charge on any atom is 0.181 e. The lowest BCUT2D eigenvalue weighted by molar-refractivity contribution is 0.0384. The Morgan fingerprint density at radius 3 is 2.84 bits per heavy atom. The second-order valence-electron chi connectivity index (χ2n) is 7.53. The number of aryl methyl sites for hydroxylation is 1. The van der Waals surface area contributed by atoms with Crippen LogP contribution in [0, 0.1) is 19.7 Å². The summed E-state index contributed by atoms with van der Waals surface area (Å²) in [5.41, 5.74) is 3.96. The molecule has 0 N–H and O–H groups in total. The molecule has 0 saturated carbocycles. The fourth-order valence-electron chi connectivity index (χ4n) is 3.89. The van der Waals surface area contributed by atoms with E-state index < -0.39 is 6.10 Å². The lowest BCUT2D eigenvalue weighted by Crippen LogP contribution is -2.24. The van der Waals surface area contributed by atoms with E-state index in [0.29, 0.717) is 36.1 Å². The number of rotatable bonds is 4.